The zero-order valence-corrected chi connectivity index (χ0v) is 18.5. The number of fused-ring (bicyclic) bond motifs is 1. The number of amides is 2. The lowest BCUT2D eigenvalue weighted by molar-refractivity contribution is 0.0896. The Morgan fingerprint density at radius 3 is 2.44 bits per heavy atom. The van der Waals surface area contributed by atoms with Crippen molar-refractivity contribution in [1.29, 1.82) is 0 Å². The van der Waals surface area contributed by atoms with Gasteiger partial charge in [0.25, 0.3) is 11.8 Å². The van der Waals surface area contributed by atoms with Crippen molar-refractivity contribution in [2.75, 3.05) is 33.1 Å². The lowest BCUT2D eigenvalue weighted by Crippen LogP contribution is -2.60. The van der Waals surface area contributed by atoms with Gasteiger partial charge >= 0.3 is 0 Å². The Hall–Kier alpha value is -2.98. The third-order valence-corrected chi connectivity index (χ3v) is 7.03. The van der Waals surface area contributed by atoms with E-state index in [0.29, 0.717) is 5.56 Å². The molecule has 2 amide bonds. The molecule has 10 heteroatoms. The van der Waals surface area contributed by atoms with Crippen LogP contribution in [0, 0.1) is 0 Å². The van der Waals surface area contributed by atoms with Crippen LogP contribution in [0.3, 0.4) is 0 Å². The standard InChI is InChI=1S/C22H24FN3O5S/c1-24-22(28)17-9-14(21(27)25-15-11-26(12-15)32(2,29)30)8-16-19(13-6-4-3-5-7-13)18(10-23)31-20(16)17/h3-9,15,18-19H,10-12H2,1-2H3,(H,24,28)(H,25,27)/t18-,19+/m1/s1. The van der Waals surface area contributed by atoms with E-state index in [0.717, 1.165) is 11.8 Å². The number of alkyl halides is 1. The first-order valence-electron chi connectivity index (χ1n) is 10.2. The van der Waals surface area contributed by atoms with Gasteiger partial charge in [-0.1, -0.05) is 30.3 Å². The van der Waals surface area contributed by atoms with Crippen LogP contribution in [0.25, 0.3) is 0 Å². The predicted octanol–water partition coefficient (Wildman–Crippen LogP) is 1.28. The van der Waals surface area contributed by atoms with Gasteiger partial charge in [-0.3, -0.25) is 9.59 Å². The van der Waals surface area contributed by atoms with Gasteiger partial charge in [-0.2, -0.15) is 4.31 Å². The van der Waals surface area contributed by atoms with Crippen LogP contribution in [-0.2, 0) is 10.0 Å². The summed E-state index contributed by atoms with van der Waals surface area (Å²) in [4.78, 5) is 25.5. The van der Waals surface area contributed by atoms with Crippen molar-refractivity contribution in [1.82, 2.24) is 14.9 Å². The van der Waals surface area contributed by atoms with Crippen LogP contribution in [0.1, 0.15) is 37.8 Å². The fraction of sp³-hybridized carbons (Fsp3) is 0.364. The molecule has 2 aromatic rings. The molecule has 0 spiro atoms. The molecular formula is C22H24FN3O5S. The van der Waals surface area contributed by atoms with Gasteiger partial charge in [0.15, 0.2) is 0 Å². The van der Waals surface area contributed by atoms with Gasteiger partial charge in [0, 0.05) is 31.3 Å². The highest BCUT2D eigenvalue weighted by Gasteiger charge is 2.40. The predicted molar refractivity (Wildman–Crippen MR) is 116 cm³/mol. The molecule has 1 fully saturated rings. The third-order valence-electron chi connectivity index (χ3n) is 5.79. The maximum absolute atomic E-state index is 13.9. The molecule has 0 aliphatic carbocycles. The molecule has 2 aliphatic rings. The third kappa shape index (κ3) is 4.07. The molecule has 2 aromatic carbocycles. The zero-order chi connectivity index (χ0) is 23.0. The normalized spacial score (nSPS) is 20.7. The summed E-state index contributed by atoms with van der Waals surface area (Å²) < 4.78 is 44.1. The lowest BCUT2D eigenvalue weighted by Gasteiger charge is -2.37. The number of hydrogen-bond donors (Lipinski definition) is 2. The second kappa shape index (κ2) is 8.51. The first-order chi connectivity index (χ1) is 15.2. The first-order valence-corrected chi connectivity index (χ1v) is 12.0. The molecule has 0 bridgehead atoms. The number of carbonyl (C=O) groups is 2. The molecule has 0 aromatic heterocycles. The molecule has 0 radical (unpaired) electrons. The van der Waals surface area contributed by atoms with Gasteiger partial charge in [0.2, 0.25) is 10.0 Å². The number of benzene rings is 2. The van der Waals surface area contributed by atoms with Crippen molar-refractivity contribution >= 4 is 21.8 Å². The van der Waals surface area contributed by atoms with Crippen molar-refractivity contribution in [2.45, 2.75) is 18.1 Å². The molecule has 2 aliphatic heterocycles. The fourth-order valence-electron chi connectivity index (χ4n) is 4.11. The summed E-state index contributed by atoms with van der Waals surface area (Å²) in [5.74, 6) is -1.10. The summed E-state index contributed by atoms with van der Waals surface area (Å²) in [6, 6.07) is 11.9. The van der Waals surface area contributed by atoms with Gasteiger partial charge in [0.05, 0.1) is 23.8 Å². The van der Waals surface area contributed by atoms with Crippen LogP contribution in [0.4, 0.5) is 4.39 Å². The number of rotatable bonds is 6. The molecule has 2 N–H and O–H groups in total. The van der Waals surface area contributed by atoms with E-state index in [1.165, 1.54) is 17.4 Å². The van der Waals surface area contributed by atoms with Crippen LogP contribution in [0.15, 0.2) is 42.5 Å². The van der Waals surface area contributed by atoms with Gasteiger partial charge in [-0.15, -0.1) is 0 Å². The average Bonchev–Trinajstić information content (AvgIpc) is 3.12. The topological polar surface area (TPSA) is 105 Å². The Morgan fingerprint density at radius 2 is 1.84 bits per heavy atom. The minimum absolute atomic E-state index is 0.151. The minimum atomic E-state index is -3.30. The maximum Gasteiger partial charge on any atom is 0.254 e. The van der Waals surface area contributed by atoms with Crippen molar-refractivity contribution in [3.8, 4) is 5.75 Å². The molecular weight excluding hydrogens is 437 g/mol. The Labute approximate surface area is 185 Å². The summed E-state index contributed by atoms with van der Waals surface area (Å²) in [6.45, 7) is -0.374. The number of hydrogen-bond acceptors (Lipinski definition) is 5. The van der Waals surface area contributed by atoms with E-state index < -0.39 is 40.5 Å². The average molecular weight is 462 g/mol. The molecule has 8 nitrogen and oxygen atoms in total. The van der Waals surface area contributed by atoms with Gasteiger partial charge < -0.3 is 15.4 Å². The second-order valence-electron chi connectivity index (χ2n) is 7.97. The Bertz CT molecular complexity index is 1150. The number of nitrogens with zero attached hydrogens (tertiary/aromatic N) is 1. The Morgan fingerprint density at radius 1 is 1.16 bits per heavy atom. The first kappa shape index (κ1) is 22.2. The van der Waals surface area contributed by atoms with E-state index in [1.807, 2.05) is 30.3 Å². The molecule has 0 saturated carbocycles. The summed E-state index contributed by atoms with van der Waals surface area (Å²) in [5, 5.41) is 5.33. The molecule has 32 heavy (non-hydrogen) atoms. The molecule has 2 atom stereocenters. The number of ether oxygens (including phenoxy) is 1. The van der Waals surface area contributed by atoms with E-state index in [2.05, 4.69) is 10.6 Å². The number of halogens is 1. The van der Waals surface area contributed by atoms with Gasteiger partial charge in [-0.05, 0) is 17.7 Å². The molecule has 4 rings (SSSR count). The molecule has 0 unspecified atom stereocenters. The van der Waals surface area contributed by atoms with Crippen LogP contribution in [0.2, 0.25) is 0 Å². The second-order valence-corrected chi connectivity index (χ2v) is 9.95. The number of sulfonamides is 1. The lowest BCUT2D eigenvalue weighted by atomic mass is 9.86. The highest BCUT2D eigenvalue weighted by molar-refractivity contribution is 7.88. The van der Waals surface area contributed by atoms with Gasteiger partial charge in [-0.25, -0.2) is 12.8 Å². The van der Waals surface area contributed by atoms with Crippen molar-refractivity contribution in [2.24, 2.45) is 0 Å². The quantitative estimate of drug-likeness (QED) is 0.675. The summed E-state index contributed by atoms with van der Waals surface area (Å²) >= 11 is 0. The Kier molecular flexibility index (Phi) is 5.91. The van der Waals surface area contributed by atoms with Crippen LogP contribution in [-0.4, -0.2) is 69.8 Å². The highest BCUT2D eigenvalue weighted by atomic mass is 32.2. The van der Waals surface area contributed by atoms with E-state index in [1.54, 1.807) is 6.07 Å². The van der Waals surface area contributed by atoms with Crippen molar-refractivity contribution in [3.63, 3.8) is 0 Å². The molecule has 1 saturated heterocycles. The van der Waals surface area contributed by atoms with Crippen LogP contribution >= 0.6 is 0 Å². The largest absolute Gasteiger partial charge is 0.486 e. The zero-order valence-electron chi connectivity index (χ0n) is 17.7. The SMILES string of the molecule is CNC(=O)c1cc(C(=O)NC2CN(S(C)(=O)=O)C2)cc2c1O[C@H](CF)[C@H]2c1ccccc1. The van der Waals surface area contributed by atoms with E-state index >= 15 is 0 Å². The number of carbonyl (C=O) groups excluding carboxylic acids is 2. The molecule has 170 valence electrons. The van der Waals surface area contributed by atoms with Crippen molar-refractivity contribution in [3.05, 3.63) is 64.7 Å². The highest BCUT2D eigenvalue weighted by Crippen LogP contribution is 2.45. The van der Waals surface area contributed by atoms with Crippen LogP contribution in [0.5, 0.6) is 5.75 Å². The summed E-state index contributed by atoms with van der Waals surface area (Å²) in [7, 11) is -1.83. The van der Waals surface area contributed by atoms with E-state index in [-0.39, 0.29) is 36.0 Å². The van der Waals surface area contributed by atoms with Gasteiger partial charge in [0.1, 0.15) is 18.5 Å². The minimum Gasteiger partial charge on any atom is -0.486 e. The van der Waals surface area contributed by atoms with E-state index in [9.17, 15) is 22.4 Å². The summed E-state index contributed by atoms with van der Waals surface area (Å²) in [6.07, 6.45) is 0.302. The summed E-state index contributed by atoms with van der Waals surface area (Å²) in [5.41, 5.74) is 1.76. The van der Waals surface area contributed by atoms with Crippen LogP contribution < -0.4 is 15.4 Å². The smallest absolute Gasteiger partial charge is 0.254 e. The van der Waals surface area contributed by atoms with E-state index in [4.69, 9.17) is 4.74 Å². The van der Waals surface area contributed by atoms with Crippen molar-refractivity contribution < 1.29 is 27.1 Å². The monoisotopic (exact) mass is 461 g/mol. The Balaban J connectivity index is 1.68. The maximum atomic E-state index is 13.9. The fourth-order valence-corrected chi connectivity index (χ4v) is 5.01. The number of nitrogens with one attached hydrogen (secondary N) is 2. The molecule has 2 heterocycles.